The lowest BCUT2D eigenvalue weighted by atomic mass is 10.1. The summed E-state index contributed by atoms with van der Waals surface area (Å²) in [5.74, 6) is 1.37. The van der Waals surface area contributed by atoms with E-state index >= 15 is 0 Å². The number of benzene rings is 2. The highest BCUT2D eigenvalue weighted by atomic mass is 16.5. The molecule has 4 aromatic rings. The largest absolute Gasteiger partial charge is 0.488 e. The second-order valence-corrected chi connectivity index (χ2v) is 7.44. The van der Waals surface area contributed by atoms with Crippen molar-refractivity contribution >= 4 is 16.8 Å². The minimum atomic E-state index is -0.225. The van der Waals surface area contributed by atoms with E-state index in [1.54, 1.807) is 41.3 Å². The van der Waals surface area contributed by atoms with Gasteiger partial charge in [-0.05, 0) is 45.0 Å². The SMILES string of the molecule is CCN(Cc1nc2ccccc2c(=O)[nH]1)C(=O)c1ccccc1OCc1c(C)noc1C. The first kappa shape index (κ1) is 21.3. The van der Waals surface area contributed by atoms with Crippen LogP contribution < -0.4 is 10.3 Å². The molecule has 8 heteroatoms. The molecule has 0 bridgehead atoms. The summed E-state index contributed by atoms with van der Waals surface area (Å²) in [6.45, 7) is 6.41. The average molecular weight is 432 g/mol. The van der Waals surface area contributed by atoms with Crippen LogP contribution in [-0.2, 0) is 13.2 Å². The monoisotopic (exact) mass is 432 g/mol. The van der Waals surface area contributed by atoms with E-state index in [2.05, 4.69) is 15.1 Å². The molecule has 0 saturated carbocycles. The number of para-hydroxylation sites is 2. The van der Waals surface area contributed by atoms with E-state index < -0.39 is 0 Å². The first-order chi connectivity index (χ1) is 15.5. The lowest BCUT2D eigenvalue weighted by Crippen LogP contribution is -2.32. The lowest BCUT2D eigenvalue weighted by molar-refractivity contribution is 0.0743. The number of amides is 1. The Kier molecular flexibility index (Phi) is 6.02. The minimum Gasteiger partial charge on any atom is -0.488 e. The molecule has 0 radical (unpaired) electrons. The van der Waals surface area contributed by atoms with Crippen molar-refractivity contribution in [3.8, 4) is 5.75 Å². The maximum Gasteiger partial charge on any atom is 0.258 e. The molecule has 2 heterocycles. The van der Waals surface area contributed by atoms with Gasteiger partial charge in [0.25, 0.3) is 11.5 Å². The van der Waals surface area contributed by atoms with Gasteiger partial charge in [-0.1, -0.05) is 29.4 Å². The van der Waals surface area contributed by atoms with Gasteiger partial charge < -0.3 is 19.1 Å². The molecule has 0 aliphatic rings. The number of aryl methyl sites for hydroxylation is 2. The van der Waals surface area contributed by atoms with Crippen molar-refractivity contribution < 1.29 is 14.1 Å². The predicted molar refractivity (Wildman–Crippen MR) is 120 cm³/mol. The van der Waals surface area contributed by atoms with Crippen molar-refractivity contribution in [1.82, 2.24) is 20.0 Å². The Morgan fingerprint density at radius 1 is 1.12 bits per heavy atom. The number of carbonyl (C=O) groups excluding carboxylic acids is 1. The molecule has 0 fully saturated rings. The highest BCUT2D eigenvalue weighted by molar-refractivity contribution is 5.96. The number of hydrogen-bond acceptors (Lipinski definition) is 6. The fourth-order valence-corrected chi connectivity index (χ4v) is 3.52. The number of aromatic amines is 1. The van der Waals surface area contributed by atoms with E-state index in [9.17, 15) is 9.59 Å². The van der Waals surface area contributed by atoms with Gasteiger partial charge in [-0.2, -0.15) is 0 Å². The zero-order valence-corrected chi connectivity index (χ0v) is 18.2. The smallest absolute Gasteiger partial charge is 0.258 e. The number of carbonyl (C=O) groups is 1. The Balaban J connectivity index is 1.57. The van der Waals surface area contributed by atoms with Crippen LogP contribution in [0.25, 0.3) is 10.9 Å². The van der Waals surface area contributed by atoms with Crippen molar-refractivity contribution in [1.29, 1.82) is 0 Å². The van der Waals surface area contributed by atoms with Crippen LogP contribution in [0.15, 0.2) is 57.8 Å². The van der Waals surface area contributed by atoms with Crippen molar-refractivity contribution in [3.63, 3.8) is 0 Å². The molecule has 0 saturated heterocycles. The van der Waals surface area contributed by atoms with Crippen LogP contribution in [0.1, 0.15) is 40.1 Å². The summed E-state index contributed by atoms with van der Waals surface area (Å²) in [5, 5.41) is 4.45. The second-order valence-electron chi connectivity index (χ2n) is 7.44. The first-order valence-electron chi connectivity index (χ1n) is 10.4. The van der Waals surface area contributed by atoms with Crippen LogP contribution in [0.5, 0.6) is 5.75 Å². The minimum absolute atomic E-state index is 0.174. The predicted octanol–water partition coefficient (Wildman–Crippen LogP) is 3.77. The zero-order chi connectivity index (χ0) is 22.7. The standard InChI is InChI=1S/C24H24N4O4/c1-4-28(13-22-25-20-11-7-5-9-17(20)23(29)26-22)24(30)18-10-6-8-12-21(18)31-14-19-15(2)27-32-16(19)3/h5-12H,4,13-14H2,1-3H3,(H,25,26,29). The van der Waals surface area contributed by atoms with Gasteiger partial charge in [-0.3, -0.25) is 9.59 Å². The Morgan fingerprint density at radius 2 is 1.88 bits per heavy atom. The molecule has 1 amide bonds. The quantitative estimate of drug-likeness (QED) is 0.477. The van der Waals surface area contributed by atoms with Gasteiger partial charge in [0.05, 0.1) is 34.3 Å². The zero-order valence-electron chi connectivity index (χ0n) is 18.2. The molecule has 0 atom stereocenters. The number of H-pyrrole nitrogens is 1. The molecule has 2 aromatic carbocycles. The maximum absolute atomic E-state index is 13.3. The summed E-state index contributed by atoms with van der Waals surface area (Å²) in [7, 11) is 0. The van der Waals surface area contributed by atoms with Gasteiger partial charge in [-0.25, -0.2) is 4.98 Å². The average Bonchev–Trinajstić information content (AvgIpc) is 3.13. The van der Waals surface area contributed by atoms with Gasteiger partial charge in [0.15, 0.2) is 0 Å². The van der Waals surface area contributed by atoms with Crippen molar-refractivity contribution in [2.45, 2.75) is 33.9 Å². The summed E-state index contributed by atoms with van der Waals surface area (Å²) in [4.78, 5) is 34.6. The number of nitrogens with zero attached hydrogens (tertiary/aromatic N) is 3. The summed E-state index contributed by atoms with van der Waals surface area (Å²) in [5.41, 5.74) is 2.42. The molecule has 0 aliphatic heterocycles. The summed E-state index contributed by atoms with van der Waals surface area (Å²) < 4.78 is 11.1. The van der Waals surface area contributed by atoms with Crippen LogP contribution >= 0.6 is 0 Å². The molecule has 164 valence electrons. The van der Waals surface area contributed by atoms with E-state index in [4.69, 9.17) is 9.26 Å². The lowest BCUT2D eigenvalue weighted by Gasteiger charge is -2.22. The maximum atomic E-state index is 13.3. The highest BCUT2D eigenvalue weighted by Crippen LogP contribution is 2.23. The van der Waals surface area contributed by atoms with Gasteiger partial charge in [-0.15, -0.1) is 0 Å². The molecule has 0 unspecified atom stereocenters. The van der Waals surface area contributed by atoms with E-state index in [1.807, 2.05) is 32.9 Å². The third kappa shape index (κ3) is 4.25. The topological polar surface area (TPSA) is 101 Å². The fourth-order valence-electron chi connectivity index (χ4n) is 3.52. The van der Waals surface area contributed by atoms with E-state index in [-0.39, 0.29) is 24.6 Å². The van der Waals surface area contributed by atoms with Crippen LogP contribution in [0.4, 0.5) is 0 Å². The molecular formula is C24H24N4O4. The summed E-state index contributed by atoms with van der Waals surface area (Å²) in [6, 6.07) is 14.2. The molecule has 32 heavy (non-hydrogen) atoms. The van der Waals surface area contributed by atoms with Crippen molar-refractivity contribution in [2.75, 3.05) is 6.54 Å². The van der Waals surface area contributed by atoms with Crippen LogP contribution in [0.3, 0.4) is 0 Å². The Labute approximate surface area is 184 Å². The number of ether oxygens (including phenoxy) is 1. The van der Waals surface area contributed by atoms with Gasteiger partial charge in [0.2, 0.25) is 0 Å². The van der Waals surface area contributed by atoms with Crippen LogP contribution in [-0.4, -0.2) is 32.5 Å². The van der Waals surface area contributed by atoms with E-state index in [0.29, 0.717) is 40.3 Å². The molecule has 0 spiro atoms. The van der Waals surface area contributed by atoms with Crippen LogP contribution in [0.2, 0.25) is 0 Å². The molecule has 8 nitrogen and oxygen atoms in total. The van der Waals surface area contributed by atoms with Crippen LogP contribution in [0, 0.1) is 13.8 Å². The van der Waals surface area contributed by atoms with E-state index in [1.165, 1.54) is 0 Å². The normalized spacial score (nSPS) is 11.0. The number of hydrogen-bond donors (Lipinski definition) is 1. The summed E-state index contributed by atoms with van der Waals surface area (Å²) >= 11 is 0. The van der Waals surface area contributed by atoms with Gasteiger partial charge in [0, 0.05) is 6.54 Å². The first-order valence-corrected chi connectivity index (χ1v) is 10.4. The highest BCUT2D eigenvalue weighted by Gasteiger charge is 2.20. The molecular weight excluding hydrogens is 408 g/mol. The number of aromatic nitrogens is 3. The van der Waals surface area contributed by atoms with Crippen molar-refractivity contribution in [2.24, 2.45) is 0 Å². The number of rotatable bonds is 7. The van der Waals surface area contributed by atoms with Crippen molar-refractivity contribution in [3.05, 3.63) is 87.3 Å². The van der Waals surface area contributed by atoms with Gasteiger partial charge in [0.1, 0.15) is 23.9 Å². The Bertz CT molecular complexity index is 1310. The van der Waals surface area contributed by atoms with Gasteiger partial charge >= 0.3 is 0 Å². The Hall–Kier alpha value is -3.94. The molecule has 1 N–H and O–H groups in total. The van der Waals surface area contributed by atoms with E-state index in [0.717, 1.165) is 11.3 Å². The fraction of sp³-hybridized carbons (Fsp3) is 0.250. The molecule has 2 aromatic heterocycles. The Morgan fingerprint density at radius 3 is 2.62 bits per heavy atom. The molecule has 4 rings (SSSR count). The number of nitrogens with one attached hydrogen (secondary N) is 1. The molecule has 0 aliphatic carbocycles. The third-order valence-corrected chi connectivity index (χ3v) is 5.34. The summed E-state index contributed by atoms with van der Waals surface area (Å²) in [6.07, 6.45) is 0. The number of fused-ring (bicyclic) bond motifs is 1. The third-order valence-electron chi connectivity index (χ3n) is 5.34. The second kappa shape index (κ2) is 9.05.